The van der Waals surface area contributed by atoms with Crippen molar-refractivity contribution in [2.24, 2.45) is 11.8 Å². The average molecular weight is 318 g/mol. The summed E-state index contributed by atoms with van der Waals surface area (Å²) in [5, 5.41) is 0. The monoisotopic (exact) mass is 316 g/mol. The SMILES string of the molecule is CC1C[C](C)([Zr][C]2(C)C=CC=C2)C2=CC=CCC21. The van der Waals surface area contributed by atoms with Crippen molar-refractivity contribution in [1.82, 2.24) is 0 Å². The van der Waals surface area contributed by atoms with E-state index in [1.807, 2.05) is 0 Å². The molecule has 0 aromatic heterocycles. The van der Waals surface area contributed by atoms with Gasteiger partial charge in [-0.15, -0.1) is 0 Å². The molecule has 0 N–H and O–H groups in total. The normalized spacial score (nSPS) is 39.8. The van der Waals surface area contributed by atoms with Crippen LogP contribution in [0.2, 0.25) is 6.25 Å². The Morgan fingerprint density at radius 1 is 1.17 bits per heavy atom. The predicted octanol–water partition coefficient (Wildman–Crippen LogP) is 5.09. The molecule has 3 aliphatic rings. The van der Waals surface area contributed by atoms with Crippen molar-refractivity contribution in [2.75, 3.05) is 0 Å². The Kier molecular flexibility index (Phi) is 3.17. The van der Waals surface area contributed by atoms with E-state index in [1.165, 1.54) is 12.8 Å². The third kappa shape index (κ3) is 2.09. The fourth-order valence-corrected chi connectivity index (χ4v) is 9.91. The van der Waals surface area contributed by atoms with Gasteiger partial charge in [-0.1, -0.05) is 0 Å². The van der Waals surface area contributed by atoms with Crippen LogP contribution in [0.3, 0.4) is 0 Å². The number of fused-ring (bicyclic) bond motifs is 1. The van der Waals surface area contributed by atoms with E-state index < -0.39 is 23.2 Å². The van der Waals surface area contributed by atoms with Crippen LogP contribution in [-0.4, -0.2) is 0 Å². The maximum absolute atomic E-state index is 2.56. The molecular weight excluding hydrogens is 295 g/mol. The average Bonchev–Trinajstić information content (AvgIpc) is 2.84. The molecular formula is C17H22Zr. The van der Waals surface area contributed by atoms with E-state index in [-0.39, 0.29) is 0 Å². The quantitative estimate of drug-likeness (QED) is 0.665. The summed E-state index contributed by atoms with van der Waals surface area (Å²) in [4.78, 5) is 0. The van der Waals surface area contributed by atoms with Crippen molar-refractivity contribution in [1.29, 1.82) is 0 Å². The van der Waals surface area contributed by atoms with Crippen molar-refractivity contribution in [3.05, 3.63) is 48.1 Å². The van der Waals surface area contributed by atoms with Gasteiger partial charge in [-0.05, 0) is 0 Å². The molecule has 0 saturated heterocycles. The molecule has 0 nitrogen and oxygen atoms in total. The fraction of sp³-hybridized carbons (Fsp3) is 0.529. The van der Waals surface area contributed by atoms with E-state index in [9.17, 15) is 0 Å². The van der Waals surface area contributed by atoms with Crippen LogP contribution in [0, 0.1) is 11.8 Å². The van der Waals surface area contributed by atoms with Crippen LogP contribution >= 0.6 is 0 Å². The molecule has 0 aliphatic heterocycles. The minimum absolute atomic E-state index is 0.439. The Hall–Kier alpha value is -0.157. The zero-order valence-electron chi connectivity index (χ0n) is 11.6. The van der Waals surface area contributed by atoms with Gasteiger partial charge < -0.3 is 0 Å². The molecule has 0 radical (unpaired) electrons. The molecule has 18 heavy (non-hydrogen) atoms. The van der Waals surface area contributed by atoms with Gasteiger partial charge in [0.2, 0.25) is 0 Å². The number of hydrogen-bond donors (Lipinski definition) is 0. The van der Waals surface area contributed by atoms with Crippen molar-refractivity contribution >= 4 is 0 Å². The van der Waals surface area contributed by atoms with Gasteiger partial charge in [0.25, 0.3) is 0 Å². The molecule has 3 unspecified atom stereocenters. The summed E-state index contributed by atoms with van der Waals surface area (Å²) < 4.78 is 1.00. The first-order valence-electron chi connectivity index (χ1n) is 7.06. The van der Waals surface area contributed by atoms with E-state index in [0.29, 0.717) is 6.25 Å². The van der Waals surface area contributed by atoms with Gasteiger partial charge in [-0.2, -0.15) is 0 Å². The Morgan fingerprint density at radius 2 is 1.89 bits per heavy atom. The molecule has 0 aromatic rings. The summed E-state index contributed by atoms with van der Waals surface area (Å²) in [6.45, 7) is 7.47. The van der Waals surface area contributed by atoms with E-state index >= 15 is 0 Å². The third-order valence-corrected chi connectivity index (χ3v) is 9.51. The van der Waals surface area contributed by atoms with Gasteiger partial charge in [0.15, 0.2) is 0 Å². The van der Waals surface area contributed by atoms with Gasteiger partial charge in [-0.3, -0.25) is 0 Å². The third-order valence-electron chi connectivity index (χ3n) is 4.80. The second-order valence-electron chi connectivity index (χ2n) is 6.53. The van der Waals surface area contributed by atoms with Crippen molar-refractivity contribution in [3.63, 3.8) is 0 Å². The van der Waals surface area contributed by atoms with Crippen LogP contribution in [0.25, 0.3) is 0 Å². The Bertz CT molecular complexity index is 454. The summed E-state index contributed by atoms with van der Waals surface area (Å²) >= 11 is -0.529. The van der Waals surface area contributed by atoms with Crippen molar-refractivity contribution in [3.8, 4) is 0 Å². The van der Waals surface area contributed by atoms with Gasteiger partial charge in [-0.25, -0.2) is 0 Å². The molecule has 0 amide bonds. The van der Waals surface area contributed by atoms with Crippen LogP contribution in [-0.2, 0) is 23.2 Å². The van der Waals surface area contributed by atoms with Gasteiger partial charge in [0.1, 0.15) is 0 Å². The summed E-state index contributed by atoms with van der Waals surface area (Å²) in [6.07, 6.45) is 19.2. The Morgan fingerprint density at radius 3 is 2.61 bits per heavy atom. The summed E-state index contributed by atoms with van der Waals surface area (Å²) in [6, 6.07) is 0. The molecule has 0 bridgehead atoms. The van der Waals surface area contributed by atoms with Gasteiger partial charge >= 0.3 is 123 Å². The number of allylic oxidation sites excluding steroid dienone is 8. The first-order chi connectivity index (χ1) is 8.53. The second-order valence-corrected chi connectivity index (χ2v) is 12.5. The molecule has 3 atom stereocenters. The summed E-state index contributed by atoms with van der Waals surface area (Å²) in [5.41, 5.74) is 1.79. The van der Waals surface area contributed by atoms with Crippen LogP contribution in [0.15, 0.2) is 48.1 Å². The topological polar surface area (TPSA) is 0 Å². The van der Waals surface area contributed by atoms with Crippen LogP contribution in [0.5, 0.6) is 0 Å². The zero-order chi connectivity index (χ0) is 12.8. The fourth-order valence-electron chi connectivity index (χ4n) is 4.05. The first-order valence-corrected chi connectivity index (χ1v) is 9.52. The molecule has 1 fully saturated rings. The van der Waals surface area contributed by atoms with E-state index in [1.54, 1.807) is 5.57 Å². The molecule has 1 saturated carbocycles. The number of rotatable bonds is 2. The molecule has 1 heteroatoms. The van der Waals surface area contributed by atoms with E-state index in [2.05, 4.69) is 63.3 Å². The standard InChI is InChI=1S/C11H15.C6H7.Zr/c1-8-7-9(2)11-6-4-3-5-10(8)11;1-6-4-2-3-5-6;/h3-5,9,11H,6-7H2,1-2H3;2-5H,1H3;. The predicted molar refractivity (Wildman–Crippen MR) is 74.1 cm³/mol. The Labute approximate surface area is 122 Å². The molecule has 94 valence electrons. The maximum atomic E-state index is 2.56. The molecule has 3 aliphatic carbocycles. The van der Waals surface area contributed by atoms with Crippen LogP contribution < -0.4 is 0 Å². The second kappa shape index (κ2) is 4.44. The van der Waals surface area contributed by atoms with Crippen molar-refractivity contribution < 1.29 is 23.2 Å². The Balaban J connectivity index is 1.90. The van der Waals surface area contributed by atoms with Crippen molar-refractivity contribution in [2.45, 2.75) is 39.9 Å². The van der Waals surface area contributed by atoms with Crippen LogP contribution in [0.1, 0.15) is 33.6 Å². The van der Waals surface area contributed by atoms with Gasteiger partial charge in [0.05, 0.1) is 0 Å². The molecule has 0 spiro atoms. The van der Waals surface area contributed by atoms with E-state index in [4.69, 9.17) is 0 Å². The first kappa shape index (κ1) is 12.9. The van der Waals surface area contributed by atoms with Crippen LogP contribution in [0.4, 0.5) is 0 Å². The summed E-state index contributed by atoms with van der Waals surface area (Å²) in [5.74, 6) is 1.73. The minimum atomic E-state index is -0.529. The van der Waals surface area contributed by atoms with Gasteiger partial charge in [0, 0.05) is 0 Å². The van der Waals surface area contributed by atoms with E-state index in [0.717, 1.165) is 11.8 Å². The molecule has 3 rings (SSSR count). The molecule has 0 heterocycles. The summed E-state index contributed by atoms with van der Waals surface area (Å²) in [7, 11) is 0. The zero-order valence-corrected chi connectivity index (χ0v) is 14.1. The number of hydrogen-bond acceptors (Lipinski definition) is 0. The molecule has 0 aromatic carbocycles.